The SMILES string of the molecule is CC(C)(CC1CCCCC1)Nc1cnccc1C(=O)O. The van der Waals surface area contributed by atoms with Gasteiger partial charge in [-0.15, -0.1) is 0 Å². The Labute approximate surface area is 120 Å². The summed E-state index contributed by atoms with van der Waals surface area (Å²) in [5.41, 5.74) is 0.785. The van der Waals surface area contributed by atoms with E-state index in [0.717, 1.165) is 12.3 Å². The molecule has 1 aliphatic rings. The fraction of sp³-hybridized carbons (Fsp3) is 0.625. The van der Waals surface area contributed by atoms with Crippen molar-refractivity contribution in [3.63, 3.8) is 0 Å². The summed E-state index contributed by atoms with van der Waals surface area (Å²) in [5, 5.41) is 12.6. The number of carboxylic acid groups (broad SMARTS) is 1. The highest BCUT2D eigenvalue weighted by atomic mass is 16.4. The predicted molar refractivity (Wildman–Crippen MR) is 80.1 cm³/mol. The third kappa shape index (κ3) is 3.95. The van der Waals surface area contributed by atoms with Crippen molar-refractivity contribution in [3.05, 3.63) is 24.0 Å². The van der Waals surface area contributed by atoms with Gasteiger partial charge in [0.15, 0.2) is 0 Å². The zero-order valence-electron chi connectivity index (χ0n) is 12.4. The van der Waals surface area contributed by atoms with Crippen LogP contribution >= 0.6 is 0 Å². The Bertz CT molecular complexity index is 465. The van der Waals surface area contributed by atoms with Crippen LogP contribution in [0.1, 0.15) is 62.7 Å². The first-order valence-electron chi connectivity index (χ1n) is 7.43. The summed E-state index contributed by atoms with van der Waals surface area (Å²) in [7, 11) is 0. The van der Waals surface area contributed by atoms with Crippen molar-refractivity contribution in [3.8, 4) is 0 Å². The van der Waals surface area contributed by atoms with Gasteiger partial charge in [-0.05, 0) is 32.3 Å². The van der Waals surface area contributed by atoms with Crippen LogP contribution in [0.4, 0.5) is 5.69 Å². The number of hydrogen-bond acceptors (Lipinski definition) is 3. The minimum Gasteiger partial charge on any atom is -0.478 e. The first-order valence-corrected chi connectivity index (χ1v) is 7.43. The highest BCUT2D eigenvalue weighted by Crippen LogP contribution is 2.32. The maximum atomic E-state index is 11.2. The Morgan fingerprint density at radius 1 is 1.40 bits per heavy atom. The Hall–Kier alpha value is -1.58. The number of carboxylic acids is 1. The molecule has 1 aromatic rings. The molecule has 20 heavy (non-hydrogen) atoms. The third-order valence-corrected chi connectivity index (χ3v) is 4.05. The van der Waals surface area contributed by atoms with Crippen molar-refractivity contribution in [1.29, 1.82) is 0 Å². The van der Waals surface area contributed by atoms with E-state index in [-0.39, 0.29) is 11.1 Å². The second-order valence-electron chi connectivity index (χ2n) is 6.44. The maximum Gasteiger partial charge on any atom is 0.337 e. The highest BCUT2D eigenvalue weighted by Gasteiger charge is 2.26. The molecule has 110 valence electrons. The summed E-state index contributed by atoms with van der Waals surface area (Å²) in [6.45, 7) is 4.28. The van der Waals surface area contributed by atoms with E-state index in [1.807, 2.05) is 0 Å². The van der Waals surface area contributed by atoms with Crippen molar-refractivity contribution >= 4 is 11.7 Å². The molecule has 0 unspecified atom stereocenters. The number of nitrogens with zero attached hydrogens (tertiary/aromatic N) is 1. The molecule has 1 fully saturated rings. The molecule has 1 saturated carbocycles. The van der Waals surface area contributed by atoms with Crippen molar-refractivity contribution in [2.75, 3.05) is 5.32 Å². The number of rotatable bonds is 5. The standard InChI is InChI=1S/C16H24N2O2/c1-16(2,10-12-6-4-3-5-7-12)18-14-11-17-9-8-13(14)15(19)20/h8-9,11-12,18H,3-7,10H2,1-2H3,(H,19,20). The van der Waals surface area contributed by atoms with Gasteiger partial charge in [0.1, 0.15) is 0 Å². The van der Waals surface area contributed by atoms with E-state index in [1.165, 1.54) is 38.3 Å². The average molecular weight is 276 g/mol. The number of aromatic nitrogens is 1. The first-order chi connectivity index (χ1) is 9.48. The van der Waals surface area contributed by atoms with Crippen LogP contribution in [-0.2, 0) is 0 Å². The molecule has 0 saturated heterocycles. The lowest BCUT2D eigenvalue weighted by Gasteiger charge is -2.33. The van der Waals surface area contributed by atoms with Gasteiger partial charge in [0.25, 0.3) is 0 Å². The smallest absolute Gasteiger partial charge is 0.337 e. The fourth-order valence-corrected chi connectivity index (χ4v) is 3.21. The molecule has 0 aliphatic heterocycles. The minimum atomic E-state index is -0.914. The summed E-state index contributed by atoms with van der Waals surface area (Å²) in [6, 6.07) is 1.54. The molecule has 2 N–H and O–H groups in total. The zero-order valence-corrected chi connectivity index (χ0v) is 12.4. The fourth-order valence-electron chi connectivity index (χ4n) is 3.21. The van der Waals surface area contributed by atoms with Crippen LogP contribution < -0.4 is 5.32 Å². The second kappa shape index (κ2) is 6.25. The van der Waals surface area contributed by atoms with Gasteiger partial charge < -0.3 is 10.4 Å². The lowest BCUT2D eigenvalue weighted by molar-refractivity contribution is 0.0697. The summed E-state index contributed by atoms with van der Waals surface area (Å²) >= 11 is 0. The van der Waals surface area contributed by atoms with E-state index in [1.54, 1.807) is 12.3 Å². The molecule has 0 amide bonds. The van der Waals surface area contributed by atoms with Crippen molar-refractivity contribution in [1.82, 2.24) is 4.98 Å². The molecule has 2 rings (SSSR count). The molecule has 4 nitrogen and oxygen atoms in total. The van der Waals surface area contributed by atoms with Crippen LogP contribution in [0.15, 0.2) is 18.5 Å². The normalized spacial score (nSPS) is 16.9. The molecule has 1 aromatic heterocycles. The topological polar surface area (TPSA) is 62.2 Å². The molecule has 4 heteroatoms. The van der Waals surface area contributed by atoms with E-state index < -0.39 is 5.97 Å². The lowest BCUT2D eigenvalue weighted by Crippen LogP contribution is -2.34. The Kier molecular flexibility index (Phi) is 4.63. The Balaban J connectivity index is 2.05. The van der Waals surface area contributed by atoms with Gasteiger partial charge in [-0.1, -0.05) is 32.1 Å². The number of nitrogens with one attached hydrogen (secondary N) is 1. The monoisotopic (exact) mass is 276 g/mol. The predicted octanol–water partition coefficient (Wildman–Crippen LogP) is 3.94. The molecule has 0 atom stereocenters. The number of carbonyl (C=O) groups is 1. The van der Waals surface area contributed by atoms with Gasteiger partial charge in [0.2, 0.25) is 0 Å². The van der Waals surface area contributed by atoms with Crippen LogP contribution in [0.3, 0.4) is 0 Å². The van der Waals surface area contributed by atoms with Crippen molar-refractivity contribution < 1.29 is 9.90 Å². The average Bonchev–Trinajstić information content (AvgIpc) is 2.39. The Morgan fingerprint density at radius 2 is 2.10 bits per heavy atom. The summed E-state index contributed by atoms with van der Waals surface area (Å²) in [6.07, 6.45) is 10.8. The summed E-state index contributed by atoms with van der Waals surface area (Å²) < 4.78 is 0. The minimum absolute atomic E-state index is 0.116. The van der Waals surface area contributed by atoms with Crippen LogP contribution in [0.2, 0.25) is 0 Å². The molecule has 1 heterocycles. The number of aromatic carboxylic acids is 1. The van der Waals surface area contributed by atoms with E-state index in [9.17, 15) is 9.90 Å². The van der Waals surface area contributed by atoms with Crippen LogP contribution in [-0.4, -0.2) is 21.6 Å². The largest absolute Gasteiger partial charge is 0.478 e. The van der Waals surface area contributed by atoms with E-state index in [4.69, 9.17) is 0 Å². The van der Waals surface area contributed by atoms with E-state index >= 15 is 0 Å². The number of hydrogen-bond donors (Lipinski definition) is 2. The molecular formula is C16H24N2O2. The maximum absolute atomic E-state index is 11.2. The van der Waals surface area contributed by atoms with Crippen LogP contribution in [0, 0.1) is 5.92 Å². The molecule has 1 aliphatic carbocycles. The van der Waals surface area contributed by atoms with E-state index in [2.05, 4.69) is 24.1 Å². The third-order valence-electron chi connectivity index (χ3n) is 4.05. The van der Waals surface area contributed by atoms with Crippen LogP contribution in [0.5, 0.6) is 0 Å². The van der Waals surface area contributed by atoms with Gasteiger partial charge in [0.05, 0.1) is 17.4 Å². The zero-order chi connectivity index (χ0) is 14.6. The van der Waals surface area contributed by atoms with Gasteiger partial charge in [0, 0.05) is 11.7 Å². The molecule has 0 bridgehead atoms. The lowest BCUT2D eigenvalue weighted by atomic mass is 9.80. The Morgan fingerprint density at radius 3 is 2.75 bits per heavy atom. The summed E-state index contributed by atoms with van der Waals surface area (Å²) in [4.78, 5) is 15.3. The highest BCUT2D eigenvalue weighted by molar-refractivity contribution is 5.93. The van der Waals surface area contributed by atoms with Crippen LogP contribution in [0.25, 0.3) is 0 Å². The quantitative estimate of drug-likeness (QED) is 0.855. The number of pyridine rings is 1. The molecular weight excluding hydrogens is 252 g/mol. The van der Waals surface area contributed by atoms with Gasteiger partial charge in [-0.2, -0.15) is 0 Å². The molecule has 0 aromatic carbocycles. The van der Waals surface area contributed by atoms with Crippen molar-refractivity contribution in [2.24, 2.45) is 5.92 Å². The molecule has 0 spiro atoms. The molecule has 0 radical (unpaired) electrons. The van der Waals surface area contributed by atoms with Gasteiger partial charge >= 0.3 is 5.97 Å². The van der Waals surface area contributed by atoms with Gasteiger partial charge in [-0.3, -0.25) is 4.98 Å². The van der Waals surface area contributed by atoms with E-state index in [0.29, 0.717) is 5.69 Å². The number of anilines is 1. The summed E-state index contributed by atoms with van der Waals surface area (Å²) in [5.74, 6) is -0.167. The van der Waals surface area contributed by atoms with Gasteiger partial charge in [-0.25, -0.2) is 4.79 Å². The van der Waals surface area contributed by atoms with Crippen molar-refractivity contribution in [2.45, 2.75) is 57.9 Å². The second-order valence-corrected chi connectivity index (χ2v) is 6.44. The first kappa shape index (κ1) is 14.8.